The third-order valence-electron chi connectivity index (χ3n) is 4.02. The number of rotatable bonds is 5. The fourth-order valence-corrected chi connectivity index (χ4v) is 3.59. The van der Waals surface area contributed by atoms with Crippen LogP contribution >= 0.6 is 11.6 Å². The Morgan fingerprint density at radius 1 is 1.18 bits per heavy atom. The molecule has 0 saturated heterocycles. The summed E-state index contributed by atoms with van der Waals surface area (Å²) in [5, 5.41) is 3.45. The van der Waals surface area contributed by atoms with Crippen LogP contribution in [-0.2, 0) is 21.4 Å². The summed E-state index contributed by atoms with van der Waals surface area (Å²) in [5.41, 5.74) is 0.507. The fourth-order valence-electron chi connectivity index (χ4n) is 2.52. The lowest BCUT2D eigenvalue weighted by atomic mass is 10.2. The van der Waals surface area contributed by atoms with Crippen LogP contribution in [0, 0.1) is 0 Å². The van der Waals surface area contributed by atoms with Crippen LogP contribution in [0.2, 0.25) is 5.02 Å². The van der Waals surface area contributed by atoms with Gasteiger partial charge in [0.25, 0.3) is 5.56 Å². The van der Waals surface area contributed by atoms with Gasteiger partial charge in [0.1, 0.15) is 6.54 Å². The van der Waals surface area contributed by atoms with Gasteiger partial charge in [-0.3, -0.25) is 14.2 Å². The highest BCUT2D eigenvalue weighted by Crippen LogP contribution is 2.17. The molecule has 0 radical (unpaired) electrons. The standard InChI is InChI=1S/C18H17ClN4O4S/c1-22(2)28(26,27)14-6-4-13(5-7-14)21-17(24)10-23-11-20-16-9-12(19)3-8-15(16)18(23)25/h3-9,11H,10H2,1-2H3,(H,21,24). The number of amides is 1. The molecule has 0 aliphatic heterocycles. The number of nitrogens with zero attached hydrogens (tertiary/aromatic N) is 3. The van der Waals surface area contributed by atoms with Crippen LogP contribution in [-0.4, -0.2) is 42.3 Å². The van der Waals surface area contributed by atoms with Gasteiger partial charge in [-0.25, -0.2) is 17.7 Å². The van der Waals surface area contributed by atoms with E-state index in [1.165, 1.54) is 49.3 Å². The van der Waals surface area contributed by atoms with Crippen molar-refractivity contribution >= 4 is 44.1 Å². The molecule has 0 unspecified atom stereocenters. The van der Waals surface area contributed by atoms with E-state index >= 15 is 0 Å². The molecule has 0 bridgehead atoms. The van der Waals surface area contributed by atoms with E-state index in [1.807, 2.05) is 0 Å². The molecule has 28 heavy (non-hydrogen) atoms. The van der Waals surface area contributed by atoms with Crippen LogP contribution in [0.1, 0.15) is 0 Å². The van der Waals surface area contributed by atoms with E-state index < -0.39 is 15.9 Å². The number of fused-ring (bicyclic) bond motifs is 1. The summed E-state index contributed by atoms with van der Waals surface area (Å²) >= 11 is 5.89. The van der Waals surface area contributed by atoms with E-state index in [2.05, 4.69) is 10.3 Å². The molecule has 0 aliphatic carbocycles. The van der Waals surface area contributed by atoms with Gasteiger partial charge in [-0.1, -0.05) is 11.6 Å². The molecule has 10 heteroatoms. The van der Waals surface area contributed by atoms with Gasteiger partial charge in [0, 0.05) is 24.8 Å². The Hall–Kier alpha value is -2.75. The summed E-state index contributed by atoms with van der Waals surface area (Å²) in [6.07, 6.45) is 1.29. The second kappa shape index (κ2) is 7.70. The minimum Gasteiger partial charge on any atom is -0.325 e. The average molecular weight is 421 g/mol. The van der Waals surface area contributed by atoms with Crippen LogP contribution in [0.5, 0.6) is 0 Å². The number of nitrogens with one attached hydrogen (secondary N) is 1. The van der Waals surface area contributed by atoms with Gasteiger partial charge >= 0.3 is 0 Å². The Labute approximate surface area is 166 Å². The zero-order chi connectivity index (χ0) is 20.5. The predicted octanol–water partition coefficient (Wildman–Crippen LogP) is 1.94. The molecule has 1 amide bonds. The molecule has 0 spiro atoms. The molecule has 1 heterocycles. The topological polar surface area (TPSA) is 101 Å². The van der Waals surface area contributed by atoms with E-state index in [4.69, 9.17) is 11.6 Å². The van der Waals surface area contributed by atoms with Gasteiger partial charge in [-0.2, -0.15) is 0 Å². The quantitative estimate of drug-likeness (QED) is 0.679. The summed E-state index contributed by atoms with van der Waals surface area (Å²) in [7, 11) is -0.665. The lowest BCUT2D eigenvalue weighted by Gasteiger charge is -2.12. The molecule has 1 N–H and O–H groups in total. The van der Waals surface area contributed by atoms with E-state index in [0.29, 0.717) is 21.6 Å². The molecule has 2 aromatic carbocycles. The highest BCUT2D eigenvalue weighted by Gasteiger charge is 2.17. The summed E-state index contributed by atoms with van der Waals surface area (Å²) in [6, 6.07) is 10.5. The largest absolute Gasteiger partial charge is 0.325 e. The highest BCUT2D eigenvalue weighted by atomic mass is 35.5. The zero-order valence-corrected chi connectivity index (χ0v) is 16.7. The molecular weight excluding hydrogens is 404 g/mol. The van der Waals surface area contributed by atoms with Crippen LogP contribution in [0.25, 0.3) is 10.9 Å². The van der Waals surface area contributed by atoms with Crippen molar-refractivity contribution in [2.45, 2.75) is 11.4 Å². The van der Waals surface area contributed by atoms with Crippen LogP contribution in [0.4, 0.5) is 5.69 Å². The number of hydrogen-bond acceptors (Lipinski definition) is 5. The first-order valence-corrected chi connectivity index (χ1v) is 9.97. The van der Waals surface area contributed by atoms with Gasteiger partial charge in [-0.15, -0.1) is 0 Å². The first-order valence-electron chi connectivity index (χ1n) is 8.15. The second-order valence-corrected chi connectivity index (χ2v) is 8.79. The Balaban J connectivity index is 1.76. The number of hydrogen-bond donors (Lipinski definition) is 1. The number of benzene rings is 2. The average Bonchev–Trinajstić information content (AvgIpc) is 2.64. The van der Waals surface area contributed by atoms with Gasteiger partial charge in [-0.05, 0) is 42.5 Å². The maximum atomic E-state index is 12.5. The lowest BCUT2D eigenvalue weighted by Crippen LogP contribution is -2.28. The van der Waals surface area contributed by atoms with E-state index in [-0.39, 0.29) is 17.0 Å². The summed E-state index contributed by atoms with van der Waals surface area (Å²) < 4.78 is 26.4. The molecule has 8 nitrogen and oxygen atoms in total. The minimum absolute atomic E-state index is 0.115. The Morgan fingerprint density at radius 2 is 1.86 bits per heavy atom. The Kier molecular flexibility index (Phi) is 5.50. The maximum absolute atomic E-state index is 12.5. The van der Waals surface area contributed by atoms with E-state index in [9.17, 15) is 18.0 Å². The number of anilines is 1. The number of carbonyl (C=O) groups excluding carboxylic acids is 1. The van der Waals surface area contributed by atoms with Crippen molar-refractivity contribution in [1.82, 2.24) is 13.9 Å². The molecule has 0 atom stereocenters. The van der Waals surface area contributed by atoms with Gasteiger partial charge in [0.2, 0.25) is 15.9 Å². The molecule has 0 saturated carbocycles. The number of halogens is 1. The molecule has 146 valence electrons. The number of carbonyl (C=O) groups is 1. The summed E-state index contributed by atoms with van der Waals surface area (Å²) in [4.78, 5) is 29.0. The second-order valence-electron chi connectivity index (χ2n) is 6.20. The first-order chi connectivity index (χ1) is 13.2. The van der Waals surface area contributed by atoms with Gasteiger partial charge < -0.3 is 5.32 Å². The normalized spacial score (nSPS) is 11.7. The summed E-state index contributed by atoms with van der Waals surface area (Å²) in [6.45, 7) is -0.234. The van der Waals surface area contributed by atoms with Crippen molar-refractivity contribution in [2.24, 2.45) is 0 Å². The predicted molar refractivity (Wildman–Crippen MR) is 107 cm³/mol. The molecule has 3 rings (SSSR count). The minimum atomic E-state index is -3.54. The number of aromatic nitrogens is 2. The van der Waals surface area contributed by atoms with Crippen LogP contribution in [0.3, 0.4) is 0 Å². The first kappa shape index (κ1) is 20.0. The Bertz CT molecular complexity index is 1200. The third kappa shape index (κ3) is 4.06. The molecular formula is C18H17ClN4O4S. The maximum Gasteiger partial charge on any atom is 0.261 e. The lowest BCUT2D eigenvalue weighted by molar-refractivity contribution is -0.116. The van der Waals surface area contributed by atoms with Crippen molar-refractivity contribution in [3.05, 3.63) is 64.2 Å². The van der Waals surface area contributed by atoms with Gasteiger partial charge in [0.05, 0.1) is 22.1 Å². The van der Waals surface area contributed by atoms with Crippen LogP contribution in [0.15, 0.2) is 58.5 Å². The van der Waals surface area contributed by atoms with Crippen molar-refractivity contribution in [3.8, 4) is 0 Å². The van der Waals surface area contributed by atoms with Crippen molar-refractivity contribution in [3.63, 3.8) is 0 Å². The molecule has 0 aliphatic rings. The van der Waals surface area contributed by atoms with E-state index in [1.54, 1.807) is 18.2 Å². The van der Waals surface area contributed by atoms with Gasteiger partial charge in [0.15, 0.2) is 0 Å². The molecule has 3 aromatic rings. The highest BCUT2D eigenvalue weighted by molar-refractivity contribution is 7.89. The van der Waals surface area contributed by atoms with E-state index in [0.717, 1.165) is 4.31 Å². The van der Waals surface area contributed by atoms with Crippen molar-refractivity contribution in [2.75, 3.05) is 19.4 Å². The monoisotopic (exact) mass is 420 g/mol. The Morgan fingerprint density at radius 3 is 2.50 bits per heavy atom. The zero-order valence-electron chi connectivity index (χ0n) is 15.1. The smallest absolute Gasteiger partial charge is 0.261 e. The number of sulfonamides is 1. The van der Waals surface area contributed by atoms with Crippen molar-refractivity contribution < 1.29 is 13.2 Å². The molecule has 1 aromatic heterocycles. The molecule has 0 fully saturated rings. The SMILES string of the molecule is CN(C)S(=O)(=O)c1ccc(NC(=O)Cn2cnc3cc(Cl)ccc3c2=O)cc1. The van der Waals surface area contributed by atoms with Crippen LogP contribution < -0.4 is 10.9 Å². The summed E-state index contributed by atoms with van der Waals surface area (Å²) in [5.74, 6) is -0.444. The third-order valence-corrected chi connectivity index (χ3v) is 6.08. The fraction of sp³-hybridized carbons (Fsp3) is 0.167. The van der Waals surface area contributed by atoms with Crippen molar-refractivity contribution in [1.29, 1.82) is 0 Å².